The molecule has 3 aromatic rings. The molecule has 3 aromatic carbocycles. The van der Waals surface area contributed by atoms with E-state index in [9.17, 15) is 9.59 Å². The molecule has 0 heterocycles. The van der Waals surface area contributed by atoms with Crippen molar-refractivity contribution in [1.29, 1.82) is 0 Å². The van der Waals surface area contributed by atoms with E-state index >= 15 is 0 Å². The minimum absolute atomic E-state index is 0.0465. The van der Waals surface area contributed by atoms with Gasteiger partial charge in [0.25, 0.3) is 0 Å². The molecular weight excluding hydrogens is 396 g/mol. The fraction of sp³-hybridized carbons (Fsp3) is 0.286. The third-order valence-corrected chi connectivity index (χ3v) is 5.83. The van der Waals surface area contributed by atoms with Gasteiger partial charge >= 0.3 is 0 Å². The first-order valence-corrected chi connectivity index (χ1v) is 11.2. The zero-order chi connectivity index (χ0) is 22.9. The number of nitrogens with zero attached hydrogens (tertiary/aromatic N) is 1. The number of amides is 2. The van der Waals surface area contributed by atoms with Gasteiger partial charge in [0.15, 0.2) is 0 Å². The van der Waals surface area contributed by atoms with Gasteiger partial charge in [-0.2, -0.15) is 0 Å². The summed E-state index contributed by atoms with van der Waals surface area (Å²) in [7, 11) is 0. The maximum atomic E-state index is 13.7. The Bertz CT molecular complexity index is 1050. The van der Waals surface area contributed by atoms with Crippen LogP contribution < -0.4 is 5.32 Å². The normalized spacial score (nSPS) is 11.6. The van der Waals surface area contributed by atoms with Crippen molar-refractivity contribution in [2.24, 2.45) is 0 Å². The summed E-state index contributed by atoms with van der Waals surface area (Å²) >= 11 is 0. The lowest BCUT2D eigenvalue weighted by Gasteiger charge is -2.32. The smallest absolute Gasteiger partial charge is 0.243 e. The molecule has 32 heavy (non-hydrogen) atoms. The number of carbonyl (C=O) groups is 2. The lowest BCUT2D eigenvalue weighted by Crippen LogP contribution is -2.51. The second-order valence-electron chi connectivity index (χ2n) is 8.15. The summed E-state index contributed by atoms with van der Waals surface area (Å²) in [6.45, 7) is 6.87. The van der Waals surface area contributed by atoms with Crippen LogP contribution in [0.25, 0.3) is 0 Å². The average molecular weight is 429 g/mol. The minimum Gasteiger partial charge on any atom is -0.355 e. The molecular formula is C28H32N2O2. The van der Waals surface area contributed by atoms with Crippen LogP contribution in [0.3, 0.4) is 0 Å². The van der Waals surface area contributed by atoms with Crippen LogP contribution in [0, 0.1) is 13.8 Å². The van der Waals surface area contributed by atoms with Crippen LogP contribution in [-0.2, 0) is 29.0 Å². The van der Waals surface area contributed by atoms with E-state index in [1.807, 2.05) is 99.6 Å². The van der Waals surface area contributed by atoms with Gasteiger partial charge in [-0.25, -0.2) is 0 Å². The van der Waals surface area contributed by atoms with E-state index in [2.05, 4.69) is 5.32 Å². The SMILES string of the molecule is CCNC(=O)C(Cc1ccccc1)N(Cc1ccccc1C)C(=O)Cc1ccccc1C. The van der Waals surface area contributed by atoms with Crippen LogP contribution in [0.5, 0.6) is 0 Å². The first kappa shape index (κ1) is 23.3. The van der Waals surface area contributed by atoms with E-state index in [1.165, 1.54) is 0 Å². The van der Waals surface area contributed by atoms with Gasteiger partial charge in [-0.1, -0.05) is 78.9 Å². The van der Waals surface area contributed by atoms with E-state index in [0.29, 0.717) is 19.5 Å². The van der Waals surface area contributed by atoms with Gasteiger partial charge < -0.3 is 10.2 Å². The third kappa shape index (κ3) is 6.07. The Labute approximate surface area is 191 Å². The highest BCUT2D eigenvalue weighted by molar-refractivity contribution is 5.89. The lowest BCUT2D eigenvalue weighted by molar-refractivity contribution is -0.140. The Morgan fingerprint density at radius 3 is 1.97 bits per heavy atom. The fourth-order valence-corrected chi connectivity index (χ4v) is 3.89. The van der Waals surface area contributed by atoms with Gasteiger partial charge in [0.2, 0.25) is 11.8 Å². The summed E-state index contributed by atoms with van der Waals surface area (Å²) in [6, 6.07) is 25.3. The van der Waals surface area contributed by atoms with Gasteiger partial charge in [0.1, 0.15) is 6.04 Å². The molecule has 4 nitrogen and oxygen atoms in total. The standard InChI is InChI=1S/C28H32N2O2/c1-4-29-28(32)26(18-23-14-6-5-7-15-23)30(20-25-17-11-9-13-22(25)3)27(31)19-24-16-10-8-12-21(24)2/h5-17,26H,4,18-20H2,1-3H3,(H,29,32). The first-order chi connectivity index (χ1) is 15.5. The first-order valence-electron chi connectivity index (χ1n) is 11.2. The maximum Gasteiger partial charge on any atom is 0.243 e. The quantitative estimate of drug-likeness (QED) is 0.541. The Kier molecular flexibility index (Phi) is 8.20. The molecule has 0 aliphatic carbocycles. The molecule has 0 bridgehead atoms. The Morgan fingerprint density at radius 2 is 1.38 bits per heavy atom. The van der Waals surface area contributed by atoms with Crippen LogP contribution in [0.4, 0.5) is 0 Å². The summed E-state index contributed by atoms with van der Waals surface area (Å²) in [5.74, 6) is -0.169. The molecule has 0 radical (unpaired) electrons. The highest BCUT2D eigenvalue weighted by Gasteiger charge is 2.30. The molecule has 1 atom stereocenters. The van der Waals surface area contributed by atoms with Crippen LogP contribution in [0.2, 0.25) is 0 Å². The van der Waals surface area contributed by atoms with Crippen LogP contribution in [0.15, 0.2) is 78.9 Å². The summed E-state index contributed by atoms with van der Waals surface area (Å²) in [4.78, 5) is 28.6. The lowest BCUT2D eigenvalue weighted by atomic mass is 9.99. The molecule has 0 aliphatic rings. The van der Waals surface area contributed by atoms with Crippen LogP contribution in [-0.4, -0.2) is 29.3 Å². The van der Waals surface area contributed by atoms with Crippen molar-refractivity contribution in [2.75, 3.05) is 6.54 Å². The molecule has 2 amide bonds. The monoisotopic (exact) mass is 428 g/mol. The predicted octanol–water partition coefficient (Wildman–Crippen LogP) is 4.62. The van der Waals surface area contributed by atoms with Crippen molar-refractivity contribution in [3.8, 4) is 0 Å². The van der Waals surface area contributed by atoms with Crippen molar-refractivity contribution in [1.82, 2.24) is 10.2 Å². The second kappa shape index (κ2) is 11.3. The van der Waals surface area contributed by atoms with Crippen molar-refractivity contribution in [3.63, 3.8) is 0 Å². The molecule has 0 saturated carbocycles. The number of nitrogens with one attached hydrogen (secondary N) is 1. The zero-order valence-corrected chi connectivity index (χ0v) is 19.2. The number of aryl methyl sites for hydroxylation is 2. The summed E-state index contributed by atoms with van der Waals surface area (Å²) < 4.78 is 0. The number of carbonyl (C=O) groups excluding carboxylic acids is 2. The van der Waals surface area contributed by atoms with Gasteiger partial charge in [-0.3, -0.25) is 9.59 Å². The summed E-state index contributed by atoms with van der Waals surface area (Å²) in [5, 5.41) is 2.94. The van der Waals surface area contributed by atoms with Crippen molar-refractivity contribution in [2.45, 2.75) is 46.2 Å². The molecule has 0 fully saturated rings. The van der Waals surface area contributed by atoms with E-state index < -0.39 is 6.04 Å². The maximum absolute atomic E-state index is 13.7. The van der Waals surface area contributed by atoms with Crippen LogP contribution in [0.1, 0.15) is 34.7 Å². The Morgan fingerprint density at radius 1 is 0.812 bits per heavy atom. The molecule has 1 unspecified atom stereocenters. The Balaban J connectivity index is 1.98. The van der Waals surface area contributed by atoms with Gasteiger partial charge in [0, 0.05) is 19.5 Å². The molecule has 1 N–H and O–H groups in total. The van der Waals surface area contributed by atoms with Crippen molar-refractivity contribution >= 4 is 11.8 Å². The molecule has 0 spiro atoms. The number of likely N-dealkylation sites (N-methyl/N-ethyl adjacent to an activating group) is 1. The van der Waals surface area contributed by atoms with Crippen molar-refractivity contribution < 1.29 is 9.59 Å². The van der Waals surface area contributed by atoms with E-state index in [0.717, 1.165) is 27.8 Å². The average Bonchev–Trinajstić information content (AvgIpc) is 2.79. The molecule has 0 saturated heterocycles. The molecule has 0 aromatic heterocycles. The van der Waals surface area contributed by atoms with Crippen molar-refractivity contribution in [3.05, 3.63) is 107 Å². The largest absolute Gasteiger partial charge is 0.355 e. The number of hydrogen-bond acceptors (Lipinski definition) is 2. The third-order valence-electron chi connectivity index (χ3n) is 5.83. The second-order valence-corrected chi connectivity index (χ2v) is 8.15. The topological polar surface area (TPSA) is 49.4 Å². The number of rotatable bonds is 9. The number of benzene rings is 3. The molecule has 0 aliphatic heterocycles. The van der Waals surface area contributed by atoms with E-state index in [1.54, 1.807) is 4.90 Å². The van der Waals surface area contributed by atoms with E-state index in [4.69, 9.17) is 0 Å². The predicted molar refractivity (Wildman–Crippen MR) is 129 cm³/mol. The highest BCUT2D eigenvalue weighted by Crippen LogP contribution is 2.19. The molecule has 4 heteroatoms. The zero-order valence-electron chi connectivity index (χ0n) is 19.2. The fourth-order valence-electron chi connectivity index (χ4n) is 3.89. The number of hydrogen-bond donors (Lipinski definition) is 1. The molecule has 3 rings (SSSR count). The molecule has 166 valence electrons. The van der Waals surface area contributed by atoms with Gasteiger partial charge in [0.05, 0.1) is 6.42 Å². The van der Waals surface area contributed by atoms with E-state index in [-0.39, 0.29) is 18.2 Å². The van der Waals surface area contributed by atoms with Crippen LogP contribution >= 0.6 is 0 Å². The summed E-state index contributed by atoms with van der Waals surface area (Å²) in [5.41, 5.74) is 5.25. The minimum atomic E-state index is -0.589. The van der Waals surface area contributed by atoms with Gasteiger partial charge in [-0.15, -0.1) is 0 Å². The Hall–Kier alpha value is -3.40. The highest BCUT2D eigenvalue weighted by atomic mass is 16.2. The summed E-state index contributed by atoms with van der Waals surface area (Å²) in [6.07, 6.45) is 0.737. The van der Waals surface area contributed by atoms with Gasteiger partial charge in [-0.05, 0) is 48.6 Å².